The molecule has 1 nitrogen and oxygen atoms in total. The number of nitrogens with one attached hydrogen (secondary N) is 1. The molecule has 3 heteroatoms. The van der Waals surface area contributed by atoms with Gasteiger partial charge in [0.1, 0.15) is 0 Å². The third-order valence-electron chi connectivity index (χ3n) is 3.41. The van der Waals surface area contributed by atoms with Gasteiger partial charge < -0.3 is 5.32 Å². The Morgan fingerprint density at radius 1 is 1.47 bits per heavy atom. The Balaban J connectivity index is 1.82. The summed E-state index contributed by atoms with van der Waals surface area (Å²) < 4.78 is 0. The van der Waals surface area contributed by atoms with Crippen LogP contribution in [0.25, 0.3) is 0 Å². The van der Waals surface area contributed by atoms with Crippen LogP contribution < -0.4 is 5.32 Å². The fraction of sp³-hybridized carbons (Fsp3) is 0.714. The Hall–Kier alpha value is 0.01000. The maximum absolute atomic E-state index is 3.81. The van der Waals surface area contributed by atoms with Crippen LogP contribution in [0.4, 0.5) is 0 Å². The van der Waals surface area contributed by atoms with E-state index in [1.165, 1.54) is 34.8 Å². The van der Waals surface area contributed by atoms with E-state index in [2.05, 4.69) is 50.0 Å². The number of hydrogen-bond acceptors (Lipinski definition) is 3. The van der Waals surface area contributed by atoms with Crippen molar-refractivity contribution in [3.8, 4) is 0 Å². The summed E-state index contributed by atoms with van der Waals surface area (Å²) in [4.78, 5) is 2.94. The van der Waals surface area contributed by atoms with Crippen LogP contribution >= 0.6 is 23.1 Å². The second-order valence-electron chi connectivity index (χ2n) is 5.11. The molecule has 0 spiro atoms. The van der Waals surface area contributed by atoms with Gasteiger partial charge in [0.15, 0.2) is 0 Å². The summed E-state index contributed by atoms with van der Waals surface area (Å²) in [7, 11) is 0. The number of thiophene rings is 1. The lowest BCUT2D eigenvalue weighted by Gasteiger charge is -2.31. The largest absolute Gasteiger partial charge is 0.310 e. The Bertz CT molecular complexity index is 348. The number of aryl methyl sites for hydroxylation is 1. The average Bonchev–Trinajstić information content (AvgIpc) is 2.67. The second kappa shape index (κ2) is 6.26. The predicted octanol–water partition coefficient (Wildman–Crippen LogP) is 3.86. The van der Waals surface area contributed by atoms with E-state index in [-0.39, 0.29) is 0 Å². The molecule has 0 bridgehead atoms. The number of rotatable bonds is 4. The van der Waals surface area contributed by atoms with Crippen molar-refractivity contribution in [1.82, 2.24) is 5.32 Å². The third-order valence-corrected chi connectivity index (χ3v) is 5.81. The molecule has 1 fully saturated rings. The molecule has 0 saturated carbocycles. The van der Waals surface area contributed by atoms with E-state index in [1.807, 2.05) is 11.3 Å². The molecule has 2 rings (SSSR count). The van der Waals surface area contributed by atoms with Crippen LogP contribution in [-0.4, -0.2) is 23.1 Å². The molecular weight excluding hydrogens is 246 g/mol. The SMILES string of the molecule is Cc1ccc(CC(C)NC2CCCSC2C)s1. The highest BCUT2D eigenvalue weighted by molar-refractivity contribution is 7.99. The van der Waals surface area contributed by atoms with Gasteiger partial charge in [0.05, 0.1) is 0 Å². The molecule has 0 aromatic carbocycles. The van der Waals surface area contributed by atoms with Crippen molar-refractivity contribution in [2.75, 3.05) is 5.75 Å². The standard InChI is InChI=1S/C14H23NS2/c1-10(9-13-7-6-11(2)17-13)15-14-5-4-8-16-12(14)3/h6-7,10,12,14-15H,4-5,8-9H2,1-3H3. The average molecular weight is 269 g/mol. The Labute approximate surface area is 113 Å². The number of hydrogen-bond donors (Lipinski definition) is 1. The van der Waals surface area contributed by atoms with Crippen LogP contribution in [0.1, 0.15) is 36.4 Å². The molecule has 0 aliphatic carbocycles. The van der Waals surface area contributed by atoms with E-state index in [1.54, 1.807) is 0 Å². The zero-order chi connectivity index (χ0) is 12.3. The number of thioether (sulfide) groups is 1. The summed E-state index contributed by atoms with van der Waals surface area (Å²) in [6.45, 7) is 6.87. The van der Waals surface area contributed by atoms with Gasteiger partial charge in [-0.3, -0.25) is 0 Å². The predicted molar refractivity (Wildman–Crippen MR) is 80.3 cm³/mol. The maximum atomic E-state index is 3.81. The van der Waals surface area contributed by atoms with Crippen molar-refractivity contribution in [2.24, 2.45) is 0 Å². The molecule has 2 heterocycles. The monoisotopic (exact) mass is 269 g/mol. The Morgan fingerprint density at radius 2 is 2.29 bits per heavy atom. The molecule has 1 aromatic rings. The van der Waals surface area contributed by atoms with E-state index in [9.17, 15) is 0 Å². The summed E-state index contributed by atoms with van der Waals surface area (Å²) >= 11 is 4.05. The highest BCUT2D eigenvalue weighted by Gasteiger charge is 2.22. The van der Waals surface area contributed by atoms with Crippen LogP contribution in [0.15, 0.2) is 12.1 Å². The highest BCUT2D eigenvalue weighted by Crippen LogP contribution is 2.26. The van der Waals surface area contributed by atoms with E-state index < -0.39 is 0 Å². The summed E-state index contributed by atoms with van der Waals surface area (Å²) in [6, 6.07) is 5.81. The Morgan fingerprint density at radius 3 is 2.94 bits per heavy atom. The second-order valence-corrected chi connectivity index (χ2v) is 7.97. The summed E-state index contributed by atoms with van der Waals surface area (Å²) in [6.07, 6.45) is 3.89. The van der Waals surface area contributed by atoms with Crippen molar-refractivity contribution in [3.05, 3.63) is 21.9 Å². The minimum absolute atomic E-state index is 0.596. The minimum Gasteiger partial charge on any atom is -0.310 e. The lowest BCUT2D eigenvalue weighted by molar-refractivity contribution is 0.410. The molecule has 17 heavy (non-hydrogen) atoms. The maximum Gasteiger partial charge on any atom is 0.0186 e. The van der Waals surface area contributed by atoms with Gasteiger partial charge in [0, 0.05) is 27.1 Å². The summed E-state index contributed by atoms with van der Waals surface area (Å²) in [5.41, 5.74) is 0. The minimum atomic E-state index is 0.596. The molecule has 1 aromatic heterocycles. The molecular formula is C14H23NS2. The first-order valence-corrected chi connectivity index (χ1v) is 8.44. The fourth-order valence-electron chi connectivity index (χ4n) is 2.46. The van der Waals surface area contributed by atoms with Crippen molar-refractivity contribution >= 4 is 23.1 Å². The van der Waals surface area contributed by atoms with Gasteiger partial charge in [-0.25, -0.2) is 0 Å². The smallest absolute Gasteiger partial charge is 0.0186 e. The fourth-order valence-corrected chi connectivity index (χ4v) is 4.63. The summed E-state index contributed by atoms with van der Waals surface area (Å²) in [5, 5.41) is 4.59. The van der Waals surface area contributed by atoms with Gasteiger partial charge in [-0.15, -0.1) is 11.3 Å². The van der Waals surface area contributed by atoms with Crippen molar-refractivity contribution in [2.45, 2.75) is 57.4 Å². The first kappa shape index (κ1) is 13.4. The van der Waals surface area contributed by atoms with Gasteiger partial charge in [0.2, 0.25) is 0 Å². The van der Waals surface area contributed by atoms with Crippen LogP contribution in [-0.2, 0) is 6.42 Å². The van der Waals surface area contributed by atoms with Gasteiger partial charge in [-0.05, 0) is 51.0 Å². The molecule has 0 amide bonds. The first-order chi connectivity index (χ1) is 8.15. The van der Waals surface area contributed by atoms with E-state index in [0.717, 1.165) is 5.25 Å². The zero-order valence-electron chi connectivity index (χ0n) is 11.0. The molecule has 1 aliphatic heterocycles. The zero-order valence-corrected chi connectivity index (χ0v) is 12.7. The normalized spacial score (nSPS) is 27.0. The molecule has 0 radical (unpaired) electrons. The molecule has 1 aliphatic rings. The first-order valence-electron chi connectivity index (χ1n) is 6.58. The highest BCUT2D eigenvalue weighted by atomic mass is 32.2. The molecule has 96 valence electrons. The van der Waals surface area contributed by atoms with Crippen LogP contribution in [0.5, 0.6) is 0 Å². The molecule has 1 N–H and O–H groups in total. The quantitative estimate of drug-likeness (QED) is 0.891. The van der Waals surface area contributed by atoms with Gasteiger partial charge in [0.25, 0.3) is 0 Å². The molecule has 1 saturated heterocycles. The van der Waals surface area contributed by atoms with Gasteiger partial charge in [-0.2, -0.15) is 11.8 Å². The lowest BCUT2D eigenvalue weighted by atomic mass is 10.1. The van der Waals surface area contributed by atoms with E-state index in [4.69, 9.17) is 0 Å². The topological polar surface area (TPSA) is 12.0 Å². The molecule has 3 unspecified atom stereocenters. The van der Waals surface area contributed by atoms with E-state index in [0.29, 0.717) is 12.1 Å². The van der Waals surface area contributed by atoms with Crippen LogP contribution in [0.2, 0.25) is 0 Å². The van der Waals surface area contributed by atoms with Crippen LogP contribution in [0.3, 0.4) is 0 Å². The third kappa shape index (κ3) is 4.01. The van der Waals surface area contributed by atoms with Crippen LogP contribution in [0, 0.1) is 6.92 Å². The van der Waals surface area contributed by atoms with E-state index >= 15 is 0 Å². The Kier molecular flexibility index (Phi) is 4.95. The lowest BCUT2D eigenvalue weighted by Crippen LogP contribution is -2.44. The summed E-state index contributed by atoms with van der Waals surface area (Å²) in [5.74, 6) is 1.35. The molecule has 3 atom stereocenters. The van der Waals surface area contributed by atoms with Gasteiger partial charge >= 0.3 is 0 Å². The van der Waals surface area contributed by atoms with Gasteiger partial charge in [-0.1, -0.05) is 6.92 Å². The van der Waals surface area contributed by atoms with Crippen molar-refractivity contribution in [1.29, 1.82) is 0 Å². The van der Waals surface area contributed by atoms with Crippen molar-refractivity contribution < 1.29 is 0 Å². The van der Waals surface area contributed by atoms with Crippen molar-refractivity contribution in [3.63, 3.8) is 0 Å².